The third kappa shape index (κ3) is 3.38. The Labute approximate surface area is 99.4 Å². The van der Waals surface area contributed by atoms with E-state index in [2.05, 4.69) is 10.6 Å². The Morgan fingerprint density at radius 1 is 1.38 bits per heavy atom. The van der Waals surface area contributed by atoms with E-state index >= 15 is 0 Å². The van der Waals surface area contributed by atoms with E-state index in [4.69, 9.17) is 0 Å². The van der Waals surface area contributed by atoms with Gasteiger partial charge in [0.05, 0.1) is 6.54 Å². The molecule has 0 bridgehead atoms. The lowest BCUT2D eigenvalue weighted by Gasteiger charge is -2.33. The van der Waals surface area contributed by atoms with Crippen molar-refractivity contribution in [3.05, 3.63) is 0 Å². The molecular formula is C10H18N2O3S. The highest BCUT2D eigenvalue weighted by atomic mass is 32.2. The molecule has 92 valence electrons. The van der Waals surface area contributed by atoms with E-state index in [0.29, 0.717) is 19.4 Å². The van der Waals surface area contributed by atoms with Gasteiger partial charge >= 0.3 is 5.97 Å². The molecule has 3 N–H and O–H groups in total. The van der Waals surface area contributed by atoms with Crippen LogP contribution in [0.25, 0.3) is 0 Å². The van der Waals surface area contributed by atoms with Crippen molar-refractivity contribution in [2.45, 2.75) is 25.3 Å². The van der Waals surface area contributed by atoms with Crippen LogP contribution in [-0.2, 0) is 9.59 Å². The normalized spacial score (nSPS) is 19.1. The van der Waals surface area contributed by atoms with Crippen LogP contribution in [-0.4, -0.2) is 47.1 Å². The van der Waals surface area contributed by atoms with Gasteiger partial charge in [-0.2, -0.15) is 11.8 Å². The van der Waals surface area contributed by atoms with Crippen LogP contribution in [0, 0.1) is 0 Å². The molecule has 0 aliphatic carbocycles. The van der Waals surface area contributed by atoms with Gasteiger partial charge in [0.15, 0.2) is 0 Å². The van der Waals surface area contributed by atoms with E-state index in [0.717, 1.165) is 11.5 Å². The number of thioether (sulfide) groups is 1. The number of amides is 1. The third-order valence-corrected chi connectivity index (χ3v) is 3.70. The molecule has 6 heteroatoms. The third-order valence-electron chi connectivity index (χ3n) is 2.72. The number of nitrogens with one attached hydrogen (secondary N) is 2. The van der Waals surface area contributed by atoms with Crippen LogP contribution in [0.3, 0.4) is 0 Å². The summed E-state index contributed by atoms with van der Waals surface area (Å²) in [5.74, 6) is 0.655. The van der Waals surface area contributed by atoms with E-state index in [1.807, 2.05) is 6.92 Å². The summed E-state index contributed by atoms with van der Waals surface area (Å²) in [6, 6.07) is 0. The molecule has 0 atom stereocenters. The van der Waals surface area contributed by atoms with Crippen molar-refractivity contribution >= 4 is 23.6 Å². The minimum atomic E-state index is -0.906. The van der Waals surface area contributed by atoms with Gasteiger partial charge in [-0.3, -0.25) is 14.9 Å². The maximum absolute atomic E-state index is 11.3. The zero-order valence-electron chi connectivity index (χ0n) is 9.41. The number of hydrogen-bond acceptors (Lipinski definition) is 4. The monoisotopic (exact) mass is 246 g/mol. The number of hydrogen-bond donors (Lipinski definition) is 3. The van der Waals surface area contributed by atoms with Crippen LogP contribution in [0.4, 0.5) is 0 Å². The number of likely N-dealkylation sites (N-methyl/N-ethyl adjacent to an activating group) is 1. The average molecular weight is 246 g/mol. The van der Waals surface area contributed by atoms with E-state index < -0.39 is 11.5 Å². The summed E-state index contributed by atoms with van der Waals surface area (Å²) < 4.78 is 0. The van der Waals surface area contributed by atoms with Gasteiger partial charge in [0.1, 0.15) is 5.54 Å². The first-order chi connectivity index (χ1) is 7.60. The molecule has 1 amide bonds. The second kappa shape index (κ2) is 6.10. The van der Waals surface area contributed by atoms with Crippen LogP contribution in [0.1, 0.15) is 19.8 Å². The highest BCUT2D eigenvalue weighted by Crippen LogP contribution is 2.27. The van der Waals surface area contributed by atoms with Gasteiger partial charge in [-0.25, -0.2) is 0 Å². The van der Waals surface area contributed by atoms with E-state index in [-0.39, 0.29) is 12.5 Å². The van der Waals surface area contributed by atoms with E-state index in [1.54, 1.807) is 11.8 Å². The number of carbonyl (C=O) groups is 2. The molecule has 0 aromatic heterocycles. The van der Waals surface area contributed by atoms with Crippen molar-refractivity contribution in [1.29, 1.82) is 0 Å². The summed E-state index contributed by atoms with van der Waals surface area (Å²) in [5, 5.41) is 14.8. The molecular weight excluding hydrogens is 228 g/mol. The summed E-state index contributed by atoms with van der Waals surface area (Å²) >= 11 is 1.76. The molecule has 0 spiro atoms. The lowest BCUT2D eigenvalue weighted by molar-refractivity contribution is -0.145. The smallest absolute Gasteiger partial charge is 0.323 e. The zero-order chi connectivity index (χ0) is 12.0. The Bertz CT molecular complexity index is 265. The largest absolute Gasteiger partial charge is 0.480 e. The molecule has 1 fully saturated rings. The van der Waals surface area contributed by atoms with Gasteiger partial charge in [-0.1, -0.05) is 0 Å². The van der Waals surface area contributed by atoms with Crippen molar-refractivity contribution < 1.29 is 14.7 Å². The molecule has 0 saturated carbocycles. The molecule has 0 aromatic carbocycles. The van der Waals surface area contributed by atoms with E-state index in [1.165, 1.54) is 0 Å². The number of rotatable bonds is 5. The van der Waals surface area contributed by atoms with Crippen LogP contribution in [0.2, 0.25) is 0 Å². The molecule has 1 saturated heterocycles. The number of aliphatic carboxylic acids is 1. The fourth-order valence-electron chi connectivity index (χ4n) is 1.70. The van der Waals surface area contributed by atoms with Gasteiger partial charge in [-0.15, -0.1) is 0 Å². The first-order valence-electron chi connectivity index (χ1n) is 5.43. The SMILES string of the molecule is CCNC(=O)CNC1(C(=O)O)CCSCC1. The average Bonchev–Trinajstić information content (AvgIpc) is 2.28. The molecule has 1 heterocycles. The highest BCUT2D eigenvalue weighted by Gasteiger charge is 2.39. The summed E-state index contributed by atoms with van der Waals surface area (Å²) in [6.45, 7) is 2.48. The Kier molecular flexibility index (Phi) is 5.08. The second-order valence-electron chi connectivity index (χ2n) is 3.81. The first kappa shape index (κ1) is 13.3. The molecule has 16 heavy (non-hydrogen) atoms. The number of carboxylic acids is 1. The highest BCUT2D eigenvalue weighted by molar-refractivity contribution is 7.99. The Hall–Kier alpha value is -0.750. The standard InChI is InChI=1S/C10H18N2O3S/c1-2-11-8(13)7-12-10(9(14)15)3-5-16-6-4-10/h12H,2-7H2,1H3,(H,11,13)(H,14,15). The maximum Gasteiger partial charge on any atom is 0.323 e. The predicted octanol–water partition coefficient (Wildman–Crippen LogP) is 0.0625. The Morgan fingerprint density at radius 2 is 2.00 bits per heavy atom. The summed E-state index contributed by atoms with van der Waals surface area (Å²) in [5.41, 5.74) is -0.906. The fourth-order valence-corrected chi connectivity index (χ4v) is 2.88. The van der Waals surface area contributed by atoms with Crippen LogP contribution >= 0.6 is 11.8 Å². The van der Waals surface area contributed by atoms with Crippen LogP contribution in [0.15, 0.2) is 0 Å². The lowest BCUT2D eigenvalue weighted by Crippen LogP contribution is -2.56. The molecule has 1 aliphatic rings. The first-order valence-corrected chi connectivity index (χ1v) is 6.59. The van der Waals surface area contributed by atoms with Crippen molar-refractivity contribution in [3.63, 3.8) is 0 Å². The summed E-state index contributed by atoms with van der Waals surface area (Å²) in [4.78, 5) is 22.5. The molecule has 0 aromatic rings. The molecule has 5 nitrogen and oxygen atoms in total. The molecule has 0 unspecified atom stereocenters. The van der Waals surface area contributed by atoms with E-state index in [9.17, 15) is 14.7 Å². The Balaban J connectivity index is 2.51. The fraction of sp³-hybridized carbons (Fsp3) is 0.800. The number of carbonyl (C=O) groups excluding carboxylic acids is 1. The van der Waals surface area contributed by atoms with Crippen LogP contribution in [0.5, 0.6) is 0 Å². The van der Waals surface area contributed by atoms with Gasteiger partial charge in [0.25, 0.3) is 0 Å². The Morgan fingerprint density at radius 3 is 2.50 bits per heavy atom. The van der Waals surface area contributed by atoms with Gasteiger partial charge < -0.3 is 10.4 Å². The van der Waals surface area contributed by atoms with Gasteiger partial charge in [-0.05, 0) is 31.3 Å². The second-order valence-corrected chi connectivity index (χ2v) is 5.03. The summed E-state index contributed by atoms with van der Waals surface area (Å²) in [7, 11) is 0. The minimum absolute atomic E-state index is 0.0742. The van der Waals surface area contributed by atoms with Gasteiger partial charge in [0, 0.05) is 6.54 Å². The minimum Gasteiger partial charge on any atom is -0.480 e. The summed E-state index contributed by atoms with van der Waals surface area (Å²) in [6.07, 6.45) is 1.15. The maximum atomic E-state index is 11.3. The van der Waals surface area contributed by atoms with Crippen molar-refractivity contribution in [3.8, 4) is 0 Å². The lowest BCUT2D eigenvalue weighted by atomic mass is 9.92. The molecule has 1 rings (SSSR count). The zero-order valence-corrected chi connectivity index (χ0v) is 10.2. The number of carboxylic acid groups (broad SMARTS) is 1. The molecule has 0 radical (unpaired) electrons. The van der Waals surface area contributed by atoms with Crippen molar-refractivity contribution in [2.75, 3.05) is 24.6 Å². The van der Waals surface area contributed by atoms with Crippen LogP contribution < -0.4 is 10.6 Å². The van der Waals surface area contributed by atoms with Gasteiger partial charge in [0.2, 0.25) is 5.91 Å². The molecule has 1 aliphatic heterocycles. The van der Waals surface area contributed by atoms with Crippen molar-refractivity contribution in [1.82, 2.24) is 10.6 Å². The predicted molar refractivity (Wildman–Crippen MR) is 63.6 cm³/mol. The quantitative estimate of drug-likeness (QED) is 0.639. The van der Waals surface area contributed by atoms with Crippen molar-refractivity contribution in [2.24, 2.45) is 0 Å². The topological polar surface area (TPSA) is 78.4 Å².